The lowest BCUT2D eigenvalue weighted by Crippen LogP contribution is -2.42. The van der Waals surface area contributed by atoms with Crippen molar-refractivity contribution in [1.82, 2.24) is 29.4 Å². The lowest BCUT2D eigenvalue weighted by molar-refractivity contribution is 0.107. The molecule has 22 heavy (non-hydrogen) atoms. The van der Waals surface area contributed by atoms with Gasteiger partial charge in [-0.3, -0.25) is 14.3 Å². The molecule has 7 heteroatoms. The fourth-order valence-electron chi connectivity index (χ4n) is 2.60. The molecule has 2 heterocycles. The predicted octanol–water partition coefficient (Wildman–Crippen LogP) is 0.0783. The number of hydrogen-bond acceptors (Lipinski definition) is 5. The van der Waals surface area contributed by atoms with Gasteiger partial charge in [0.2, 0.25) is 0 Å². The van der Waals surface area contributed by atoms with Crippen molar-refractivity contribution < 1.29 is 5.11 Å². The Balaban J connectivity index is 1.87. The Morgan fingerprint density at radius 3 is 2.05 bits per heavy atom. The van der Waals surface area contributed by atoms with Gasteiger partial charge in [0.05, 0.1) is 19.0 Å². The summed E-state index contributed by atoms with van der Waals surface area (Å²) >= 11 is 0. The third-order valence-corrected chi connectivity index (χ3v) is 3.76. The zero-order valence-corrected chi connectivity index (χ0v) is 13.8. The van der Waals surface area contributed by atoms with Crippen molar-refractivity contribution in [1.29, 1.82) is 0 Å². The number of aryl methyl sites for hydroxylation is 2. The van der Waals surface area contributed by atoms with E-state index in [0.29, 0.717) is 0 Å². The average molecular weight is 306 g/mol. The van der Waals surface area contributed by atoms with E-state index in [2.05, 4.69) is 27.0 Å². The summed E-state index contributed by atoms with van der Waals surface area (Å²) in [6.07, 6.45) is 7.77. The number of aliphatic hydroxyl groups excluding tert-OH is 1. The van der Waals surface area contributed by atoms with Crippen molar-refractivity contribution >= 4 is 0 Å². The molecule has 0 aliphatic heterocycles. The van der Waals surface area contributed by atoms with Gasteiger partial charge in [0.15, 0.2) is 0 Å². The van der Waals surface area contributed by atoms with Gasteiger partial charge in [-0.25, -0.2) is 0 Å². The molecular weight excluding hydrogens is 280 g/mol. The van der Waals surface area contributed by atoms with Crippen LogP contribution in [0.4, 0.5) is 0 Å². The van der Waals surface area contributed by atoms with Crippen LogP contribution in [0.15, 0.2) is 24.8 Å². The van der Waals surface area contributed by atoms with Crippen molar-refractivity contribution in [3.63, 3.8) is 0 Å². The highest BCUT2D eigenvalue weighted by Gasteiger charge is 2.17. The van der Waals surface area contributed by atoms with Gasteiger partial charge in [0.25, 0.3) is 0 Å². The minimum Gasteiger partial charge on any atom is -0.395 e. The van der Waals surface area contributed by atoms with Gasteiger partial charge in [-0.1, -0.05) is 0 Å². The number of hydrogen-bond donors (Lipinski definition) is 1. The summed E-state index contributed by atoms with van der Waals surface area (Å²) < 4.78 is 3.60. The molecule has 2 aromatic rings. The van der Waals surface area contributed by atoms with E-state index in [1.54, 1.807) is 9.36 Å². The largest absolute Gasteiger partial charge is 0.395 e. The molecular formula is C15H26N6O. The van der Waals surface area contributed by atoms with Crippen molar-refractivity contribution in [2.75, 3.05) is 27.2 Å². The van der Waals surface area contributed by atoms with Gasteiger partial charge in [-0.15, -0.1) is 0 Å². The monoisotopic (exact) mass is 306 g/mol. The maximum atomic E-state index is 9.69. The van der Waals surface area contributed by atoms with Crippen LogP contribution >= 0.6 is 0 Å². The number of nitrogens with zero attached hydrogens (tertiary/aromatic N) is 6. The Morgan fingerprint density at radius 1 is 1.05 bits per heavy atom. The minimum atomic E-state index is 0.0851. The van der Waals surface area contributed by atoms with Gasteiger partial charge in [0.1, 0.15) is 0 Å². The molecule has 1 unspecified atom stereocenters. The molecule has 0 saturated carbocycles. The van der Waals surface area contributed by atoms with Crippen LogP contribution in [0.2, 0.25) is 0 Å². The fourth-order valence-corrected chi connectivity index (χ4v) is 2.60. The highest BCUT2D eigenvalue weighted by atomic mass is 16.3. The van der Waals surface area contributed by atoms with Crippen LogP contribution in [0.1, 0.15) is 11.1 Å². The molecule has 1 atom stereocenters. The molecule has 0 radical (unpaired) electrons. The molecule has 122 valence electrons. The molecule has 1 N–H and O–H groups in total. The highest BCUT2D eigenvalue weighted by molar-refractivity contribution is 5.04. The summed E-state index contributed by atoms with van der Waals surface area (Å²) in [7, 11) is 7.93. The van der Waals surface area contributed by atoms with E-state index in [9.17, 15) is 5.11 Å². The first-order valence-electron chi connectivity index (χ1n) is 7.42. The molecule has 0 aliphatic rings. The highest BCUT2D eigenvalue weighted by Crippen LogP contribution is 2.08. The van der Waals surface area contributed by atoms with E-state index in [1.165, 1.54) is 5.56 Å². The van der Waals surface area contributed by atoms with Crippen LogP contribution in [0.5, 0.6) is 0 Å². The van der Waals surface area contributed by atoms with Crippen molar-refractivity contribution in [2.24, 2.45) is 14.1 Å². The maximum Gasteiger partial charge on any atom is 0.0599 e. The van der Waals surface area contributed by atoms with E-state index in [-0.39, 0.29) is 12.6 Å². The molecule has 2 rings (SSSR count). The first-order valence-corrected chi connectivity index (χ1v) is 7.42. The third-order valence-electron chi connectivity index (χ3n) is 3.76. The van der Waals surface area contributed by atoms with E-state index in [1.807, 2.05) is 45.9 Å². The third kappa shape index (κ3) is 4.66. The van der Waals surface area contributed by atoms with Crippen LogP contribution in [-0.4, -0.2) is 67.8 Å². The first kappa shape index (κ1) is 16.7. The number of likely N-dealkylation sites (N-methyl/N-ethyl adjacent to an activating group) is 2. The van der Waals surface area contributed by atoms with E-state index in [4.69, 9.17) is 0 Å². The number of rotatable bonds is 8. The second-order valence-corrected chi connectivity index (χ2v) is 5.99. The lowest BCUT2D eigenvalue weighted by atomic mass is 10.2. The summed E-state index contributed by atoms with van der Waals surface area (Å²) in [4.78, 5) is 4.37. The SMILES string of the molecule is CN(Cc1cnn(C)c1)CC(CO)N(C)Cc1cnn(C)c1. The Hall–Kier alpha value is -1.70. The molecule has 0 bridgehead atoms. The molecule has 7 nitrogen and oxygen atoms in total. The van der Waals surface area contributed by atoms with E-state index >= 15 is 0 Å². The van der Waals surface area contributed by atoms with Crippen LogP contribution in [0.25, 0.3) is 0 Å². The van der Waals surface area contributed by atoms with Crippen LogP contribution < -0.4 is 0 Å². The van der Waals surface area contributed by atoms with Crippen LogP contribution in [0.3, 0.4) is 0 Å². The van der Waals surface area contributed by atoms with Gasteiger partial charge in [-0.2, -0.15) is 10.2 Å². The quantitative estimate of drug-likeness (QED) is 0.748. The summed E-state index contributed by atoms with van der Waals surface area (Å²) in [5.74, 6) is 0. The second kappa shape index (κ2) is 7.53. The van der Waals surface area contributed by atoms with Crippen molar-refractivity contribution in [3.8, 4) is 0 Å². The molecule has 0 fully saturated rings. The van der Waals surface area contributed by atoms with Gasteiger partial charge in [0, 0.05) is 63.3 Å². The van der Waals surface area contributed by atoms with E-state index in [0.717, 1.165) is 25.2 Å². The second-order valence-electron chi connectivity index (χ2n) is 5.99. The fraction of sp³-hybridized carbons (Fsp3) is 0.600. The smallest absolute Gasteiger partial charge is 0.0599 e. The molecule has 0 amide bonds. The maximum absolute atomic E-state index is 9.69. The van der Waals surface area contributed by atoms with Crippen molar-refractivity contribution in [2.45, 2.75) is 19.1 Å². The average Bonchev–Trinajstić information content (AvgIpc) is 3.04. The molecule has 0 spiro atoms. The lowest BCUT2D eigenvalue weighted by Gasteiger charge is -2.30. The molecule has 0 saturated heterocycles. The van der Waals surface area contributed by atoms with Crippen molar-refractivity contribution in [3.05, 3.63) is 35.9 Å². The summed E-state index contributed by atoms with van der Waals surface area (Å²) in [6, 6.07) is 0.0851. The molecule has 0 aliphatic carbocycles. The van der Waals surface area contributed by atoms with Gasteiger partial charge in [-0.05, 0) is 14.1 Å². The Bertz CT molecular complexity index is 578. The zero-order valence-electron chi connectivity index (χ0n) is 13.8. The molecule has 0 aromatic carbocycles. The summed E-state index contributed by atoms with van der Waals surface area (Å²) in [6.45, 7) is 2.53. The summed E-state index contributed by atoms with van der Waals surface area (Å²) in [5.41, 5.74) is 2.33. The number of aliphatic hydroxyl groups is 1. The van der Waals surface area contributed by atoms with Crippen LogP contribution in [0, 0.1) is 0 Å². The minimum absolute atomic E-state index is 0.0851. The Morgan fingerprint density at radius 2 is 1.59 bits per heavy atom. The Kier molecular flexibility index (Phi) is 5.70. The molecule has 2 aromatic heterocycles. The van der Waals surface area contributed by atoms with Gasteiger partial charge >= 0.3 is 0 Å². The normalized spacial score (nSPS) is 13.2. The number of aromatic nitrogens is 4. The standard InChI is InChI=1S/C15H26N6O/c1-18(7-13-5-16-20(3)9-13)11-15(12-22)19(2)8-14-6-17-21(4)10-14/h5-6,9-10,15,22H,7-8,11-12H2,1-4H3. The van der Waals surface area contributed by atoms with E-state index < -0.39 is 0 Å². The predicted molar refractivity (Wildman–Crippen MR) is 85.1 cm³/mol. The topological polar surface area (TPSA) is 62.4 Å². The zero-order chi connectivity index (χ0) is 16.1. The van der Waals surface area contributed by atoms with Crippen LogP contribution in [-0.2, 0) is 27.2 Å². The Labute approximate surface area is 131 Å². The summed E-state index contributed by atoms with van der Waals surface area (Å²) in [5, 5.41) is 18.1. The van der Waals surface area contributed by atoms with Gasteiger partial charge < -0.3 is 10.0 Å². The first-order chi connectivity index (χ1) is 10.5.